The molecule has 3 nitrogen and oxygen atoms in total. The Balaban J connectivity index is 1.59. The van der Waals surface area contributed by atoms with Crippen LogP contribution in [0.5, 0.6) is 0 Å². The van der Waals surface area contributed by atoms with Gasteiger partial charge in [0, 0.05) is 32.8 Å². The fourth-order valence-corrected chi connectivity index (χ4v) is 7.86. The van der Waals surface area contributed by atoms with Crippen molar-refractivity contribution < 1.29 is 26.3 Å². The van der Waals surface area contributed by atoms with E-state index in [4.69, 9.17) is 6.57 Å². The largest absolute Gasteiger partial charge is 0.417 e. The Labute approximate surface area is 294 Å². The number of halogens is 6. The van der Waals surface area contributed by atoms with Crippen LogP contribution in [-0.2, 0) is 12.4 Å². The molecule has 0 saturated carbocycles. The molecule has 0 fully saturated rings. The molecule has 8 rings (SSSR count). The number of rotatable bonds is 3. The molecule has 0 spiro atoms. The van der Waals surface area contributed by atoms with Crippen molar-refractivity contribution >= 4 is 49.3 Å². The van der Waals surface area contributed by atoms with E-state index in [2.05, 4.69) is 4.85 Å². The quantitative estimate of drug-likeness (QED) is 0.129. The van der Waals surface area contributed by atoms with Crippen LogP contribution in [0.4, 0.5) is 32.0 Å². The fourth-order valence-electron chi connectivity index (χ4n) is 7.86. The number of aromatic nitrogens is 2. The van der Waals surface area contributed by atoms with Crippen molar-refractivity contribution in [3.05, 3.63) is 148 Å². The van der Waals surface area contributed by atoms with E-state index in [1.807, 2.05) is 110 Å². The first-order valence-electron chi connectivity index (χ1n) is 16.5. The summed E-state index contributed by atoms with van der Waals surface area (Å²) in [7, 11) is 0. The topological polar surface area (TPSA) is 14.2 Å². The molecule has 2 aromatic heterocycles. The maximum absolute atomic E-state index is 15.0. The number of benzene rings is 6. The highest BCUT2D eigenvalue weighted by Crippen LogP contribution is 2.48. The van der Waals surface area contributed by atoms with E-state index < -0.39 is 29.0 Å². The van der Waals surface area contributed by atoms with Gasteiger partial charge in [-0.05, 0) is 104 Å². The molecule has 0 aliphatic heterocycles. The van der Waals surface area contributed by atoms with E-state index in [1.165, 1.54) is 6.07 Å². The number of hydrogen-bond donors (Lipinski definition) is 0. The first kappa shape index (κ1) is 33.2. The number of aryl methyl sites for hydroxylation is 4. The number of hydrogen-bond acceptors (Lipinski definition) is 0. The van der Waals surface area contributed by atoms with Gasteiger partial charge in [0.2, 0.25) is 5.69 Å². The molecule has 6 aromatic carbocycles. The summed E-state index contributed by atoms with van der Waals surface area (Å²) in [4.78, 5) is 3.95. The third-order valence-corrected chi connectivity index (χ3v) is 10.1. The van der Waals surface area contributed by atoms with Crippen LogP contribution in [-0.4, -0.2) is 9.13 Å². The van der Waals surface area contributed by atoms with Gasteiger partial charge in [0.15, 0.2) is 0 Å². The van der Waals surface area contributed by atoms with Gasteiger partial charge in [0.25, 0.3) is 0 Å². The predicted molar refractivity (Wildman–Crippen MR) is 196 cm³/mol. The molecule has 0 amide bonds. The second-order valence-corrected chi connectivity index (χ2v) is 13.3. The Kier molecular flexibility index (Phi) is 7.33. The summed E-state index contributed by atoms with van der Waals surface area (Å²) in [5.74, 6) is 0. The molecular weight excluding hydrogens is 672 g/mol. The van der Waals surface area contributed by atoms with Gasteiger partial charge in [0.05, 0.1) is 45.5 Å². The molecule has 258 valence electrons. The maximum Gasteiger partial charge on any atom is 0.417 e. The fraction of sp³-hybridized carbons (Fsp3) is 0.140. The minimum atomic E-state index is -5.14. The molecule has 8 aromatic rings. The van der Waals surface area contributed by atoms with Crippen LogP contribution in [0.25, 0.3) is 71.0 Å². The minimum Gasteiger partial charge on any atom is -0.319 e. The highest BCUT2D eigenvalue weighted by molar-refractivity contribution is 6.14. The molecule has 9 heteroatoms. The number of fused-ring (bicyclic) bond motifs is 6. The lowest BCUT2D eigenvalue weighted by atomic mass is 9.94. The second kappa shape index (κ2) is 11.5. The Bertz CT molecular complexity index is 2710. The minimum absolute atomic E-state index is 0.0283. The average Bonchev–Trinajstić information content (AvgIpc) is 3.62. The van der Waals surface area contributed by atoms with E-state index in [0.29, 0.717) is 22.8 Å². The third-order valence-electron chi connectivity index (χ3n) is 10.1. The van der Waals surface area contributed by atoms with Crippen molar-refractivity contribution in [1.82, 2.24) is 9.13 Å². The van der Waals surface area contributed by atoms with Gasteiger partial charge in [-0.1, -0.05) is 54.6 Å². The van der Waals surface area contributed by atoms with Crippen molar-refractivity contribution in [2.45, 2.75) is 40.0 Å². The molecule has 2 heterocycles. The van der Waals surface area contributed by atoms with Gasteiger partial charge in [-0.2, -0.15) is 26.3 Å². The van der Waals surface area contributed by atoms with Gasteiger partial charge in [-0.3, -0.25) is 0 Å². The van der Waals surface area contributed by atoms with Crippen LogP contribution in [0.1, 0.15) is 33.4 Å². The van der Waals surface area contributed by atoms with Gasteiger partial charge in [-0.15, -0.1) is 0 Å². The number of nitrogens with zero attached hydrogens (tertiary/aromatic N) is 3. The first-order chi connectivity index (χ1) is 24.7. The highest BCUT2D eigenvalue weighted by atomic mass is 19.4. The zero-order valence-corrected chi connectivity index (χ0v) is 28.4. The smallest absolute Gasteiger partial charge is 0.319 e. The zero-order valence-electron chi connectivity index (χ0n) is 28.4. The van der Waals surface area contributed by atoms with Crippen molar-refractivity contribution in [3.8, 4) is 22.5 Å². The van der Waals surface area contributed by atoms with Crippen LogP contribution in [0.15, 0.2) is 103 Å². The van der Waals surface area contributed by atoms with Gasteiger partial charge in [-0.25, -0.2) is 4.85 Å². The van der Waals surface area contributed by atoms with Crippen molar-refractivity contribution in [3.63, 3.8) is 0 Å². The molecule has 0 aliphatic carbocycles. The lowest BCUT2D eigenvalue weighted by Crippen LogP contribution is -2.13. The van der Waals surface area contributed by atoms with Gasteiger partial charge < -0.3 is 9.13 Å². The highest BCUT2D eigenvalue weighted by Gasteiger charge is 2.39. The zero-order chi connectivity index (χ0) is 36.9. The summed E-state index contributed by atoms with van der Waals surface area (Å²) >= 11 is 0. The Hall–Kier alpha value is -6.01. The molecular formula is C43H29F6N3. The van der Waals surface area contributed by atoms with E-state index in [1.54, 1.807) is 6.07 Å². The molecule has 0 radical (unpaired) electrons. The van der Waals surface area contributed by atoms with Crippen LogP contribution < -0.4 is 0 Å². The van der Waals surface area contributed by atoms with Crippen LogP contribution >= 0.6 is 0 Å². The summed E-state index contributed by atoms with van der Waals surface area (Å²) in [5, 5.41) is 3.67. The average molecular weight is 702 g/mol. The lowest BCUT2D eigenvalue weighted by Gasteiger charge is -2.22. The molecule has 0 saturated heterocycles. The standard InChI is InChI=1S/C43H29F6N3/c1-23-10-6-14-32-38(23)39-24(2)11-7-15-33(39)51(32)36-22-31(50-5)37(21-29(36)28-19-18-27(42(44,45)46)20-30(28)43(47,48)49)52-34-16-8-12-25(3)40(34)41-26(4)13-9-17-35(41)52/h6-22H,1-4H3. The SMILES string of the molecule is [C-]#[N+]c1cc(-n2c3cccc(C)c3c3c(C)cccc32)c(-c2ccc(C(F)(F)F)cc2C(F)(F)F)cc1-n1c2cccc(C)c2c2c(C)cccc21. The van der Waals surface area contributed by atoms with Gasteiger partial charge >= 0.3 is 12.4 Å². The Morgan fingerprint density at radius 1 is 0.481 bits per heavy atom. The number of alkyl halides is 6. The van der Waals surface area contributed by atoms with Crippen LogP contribution in [0, 0.1) is 34.3 Å². The molecule has 0 unspecified atom stereocenters. The predicted octanol–water partition coefficient (Wildman–Crippen LogP) is 13.4. The van der Waals surface area contributed by atoms with Crippen molar-refractivity contribution in [2.24, 2.45) is 0 Å². The molecule has 52 heavy (non-hydrogen) atoms. The second-order valence-electron chi connectivity index (χ2n) is 13.3. The van der Waals surface area contributed by atoms with E-state index in [9.17, 15) is 26.3 Å². The molecule has 0 aliphatic rings. The summed E-state index contributed by atoms with van der Waals surface area (Å²) in [6.07, 6.45) is -10.1. The monoisotopic (exact) mass is 701 g/mol. The van der Waals surface area contributed by atoms with Gasteiger partial charge in [0.1, 0.15) is 0 Å². The van der Waals surface area contributed by atoms with Crippen LogP contribution in [0.3, 0.4) is 0 Å². The summed E-state index contributed by atoms with van der Waals surface area (Å²) < 4.78 is 90.4. The van der Waals surface area contributed by atoms with Crippen molar-refractivity contribution in [1.29, 1.82) is 0 Å². The van der Waals surface area contributed by atoms with E-state index >= 15 is 0 Å². The summed E-state index contributed by atoms with van der Waals surface area (Å²) in [6, 6.07) is 27.8. The molecule has 0 N–H and O–H groups in total. The third kappa shape index (κ3) is 4.89. The lowest BCUT2D eigenvalue weighted by molar-refractivity contribution is -0.142. The normalized spacial score (nSPS) is 12.4. The molecule has 0 bridgehead atoms. The maximum atomic E-state index is 15.0. The summed E-state index contributed by atoms with van der Waals surface area (Å²) in [6.45, 7) is 16.3. The van der Waals surface area contributed by atoms with E-state index in [-0.39, 0.29) is 23.0 Å². The van der Waals surface area contributed by atoms with Crippen molar-refractivity contribution in [2.75, 3.05) is 0 Å². The Morgan fingerprint density at radius 2 is 0.904 bits per heavy atom. The molecule has 0 atom stereocenters. The van der Waals surface area contributed by atoms with E-state index in [0.717, 1.165) is 60.9 Å². The first-order valence-corrected chi connectivity index (χ1v) is 16.5. The van der Waals surface area contributed by atoms with Crippen LogP contribution in [0.2, 0.25) is 0 Å². The summed E-state index contributed by atoms with van der Waals surface area (Å²) in [5.41, 5.74) is 4.22. The Morgan fingerprint density at radius 3 is 1.29 bits per heavy atom.